The minimum Gasteiger partial charge on any atom is -0.396 e. The maximum atomic E-state index is 13.5. The van der Waals surface area contributed by atoms with Crippen LogP contribution in [0.1, 0.15) is 48.9 Å². The van der Waals surface area contributed by atoms with Crippen molar-refractivity contribution in [3.8, 4) is 6.07 Å². The van der Waals surface area contributed by atoms with Gasteiger partial charge in [0.2, 0.25) is 0 Å². The van der Waals surface area contributed by atoms with E-state index in [0.717, 1.165) is 36.9 Å². The van der Waals surface area contributed by atoms with E-state index in [9.17, 15) is 9.50 Å². The Kier molecular flexibility index (Phi) is 6.03. The Labute approximate surface area is 154 Å². The summed E-state index contributed by atoms with van der Waals surface area (Å²) in [5.41, 5.74) is 2.76. The van der Waals surface area contributed by atoms with Gasteiger partial charge in [0.1, 0.15) is 5.82 Å². The highest BCUT2D eigenvalue weighted by molar-refractivity contribution is 5.37. The Morgan fingerprint density at radius 2 is 1.73 bits per heavy atom. The molecule has 0 bridgehead atoms. The third-order valence-corrected chi connectivity index (χ3v) is 5.32. The van der Waals surface area contributed by atoms with E-state index in [0.29, 0.717) is 17.5 Å². The molecular formula is C22H25FN2O. The average Bonchev–Trinajstić information content (AvgIpc) is 2.66. The van der Waals surface area contributed by atoms with Gasteiger partial charge in [-0.1, -0.05) is 31.2 Å². The van der Waals surface area contributed by atoms with Gasteiger partial charge in [-0.15, -0.1) is 0 Å². The highest BCUT2D eigenvalue weighted by Crippen LogP contribution is 2.36. The minimum absolute atomic E-state index is 0.0114. The number of likely N-dealkylation sites (tertiary alicyclic amines) is 1. The molecule has 3 nitrogen and oxygen atoms in total. The lowest BCUT2D eigenvalue weighted by Crippen LogP contribution is -2.45. The van der Waals surface area contributed by atoms with Gasteiger partial charge in [0.25, 0.3) is 0 Å². The first kappa shape index (κ1) is 18.6. The summed E-state index contributed by atoms with van der Waals surface area (Å²) in [6.07, 6.45) is 2.95. The van der Waals surface area contributed by atoms with Gasteiger partial charge >= 0.3 is 0 Å². The zero-order valence-corrected chi connectivity index (χ0v) is 15.1. The molecule has 0 saturated carbocycles. The van der Waals surface area contributed by atoms with Crippen molar-refractivity contribution in [3.63, 3.8) is 0 Å². The van der Waals surface area contributed by atoms with Crippen LogP contribution in [-0.2, 0) is 0 Å². The van der Waals surface area contributed by atoms with E-state index >= 15 is 0 Å². The molecule has 0 amide bonds. The minimum atomic E-state index is -0.244. The first-order valence-corrected chi connectivity index (χ1v) is 9.24. The second kappa shape index (κ2) is 8.44. The third-order valence-electron chi connectivity index (χ3n) is 5.32. The molecule has 1 unspecified atom stereocenters. The number of nitriles is 1. The summed E-state index contributed by atoms with van der Waals surface area (Å²) in [6, 6.07) is 16.8. The van der Waals surface area contributed by atoms with Crippen LogP contribution in [0.25, 0.3) is 0 Å². The Bertz CT molecular complexity index is 751. The van der Waals surface area contributed by atoms with Gasteiger partial charge in [0, 0.05) is 19.2 Å². The number of hydrogen-bond donors (Lipinski definition) is 1. The van der Waals surface area contributed by atoms with E-state index in [4.69, 9.17) is 5.26 Å². The highest BCUT2D eigenvalue weighted by Gasteiger charge is 2.33. The third kappa shape index (κ3) is 4.12. The molecule has 0 spiro atoms. The summed E-state index contributed by atoms with van der Waals surface area (Å²) >= 11 is 0. The first-order valence-electron chi connectivity index (χ1n) is 9.24. The first-order chi connectivity index (χ1) is 12.6. The van der Waals surface area contributed by atoms with Gasteiger partial charge in [-0.3, -0.25) is 4.90 Å². The molecule has 1 saturated heterocycles. The normalized spacial score (nSPS) is 21.9. The standard InChI is InChI=1S/C22H25FN2O/c1-16-2-11-21(12-13-26)25(15-16)22(19-7-9-20(23)10-8-19)18-5-3-17(14-24)4-6-18/h3-10,16,21-22,26H,2,11-13,15H2,1H3/t16-,21+,22?/m1/s1. The number of piperidine rings is 1. The van der Waals surface area contributed by atoms with E-state index in [2.05, 4.69) is 17.9 Å². The number of aliphatic hydroxyl groups excluding tert-OH is 1. The number of nitrogens with zero attached hydrogens (tertiary/aromatic N) is 2. The maximum absolute atomic E-state index is 13.5. The molecule has 3 atom stereocenters. The van der Waals surface area contributed by atoms with E-state index in [1.807, 2.05) is 36.4 Å². The van der Waals surface area contributed by atoms with Crippen LogP contribution in [0, 0.1) is 23.1 Å². The van der Waals surface area contributed by atoms with Crippen molar-refractivity contribution in [1.82, 2.24) is 4.90 Å². The molecule has 0 aromatic heterocycles. The maximum Gasteiger partial charge on any atom is 0.123 e. The van der Waals surface area contributed by atoms with Gasteiger partial charge in [-0.25, -0.2) is 4.39 Å². The van der Waals surface area contributed by atoms with Gasteiger partial charge in [-0.05, 0) is 60.6 Å². The van der Waals surface area contributed by atoms with E-state index in [1.54, 1.807) is 0 Å². The molecule has 3 rings (SSSR count). The fraction of sp³-hybridized carbons (Fsp3) is 0.409. The van der Waals surface area contributed by atoms with Gasteiger partial charge in [0.05, 0.1) is 17.7 Å². The summed E-state index contributed by atoms with van der Waals surface area (Å²) < 4.78 is 13.5. The second-order valence-corrected chi connectivity index (χ2v) is 7.23. The molecule has 1 N–H and O–H groups in total. The SMILES string of the molecule is C[C@@H]1CC[C@@H](CCO)N(C(c2ccc(F)cc2)c2ccc(C#N)cc2)C1. The van der Waals surface area contributed by atoms with Crippen LogP contribution in [0.5, 0.6) is 0 Å². The smallest absolute Gasteiger partial charge is 0.123 e. The molecule has 2 aromatic rings. The summed E-state index contributed by atoms with van der Waals surface area (Å²) in [5, 5.41) is 18.6. The van der Waals surface area contributed by atoms with Crippen molar-refractivity contribution < 1.29 is 9.50 Å². The lowest BCUT2D eigenvalue weighted by Gasteiger charge is -2.44. The lowest BCUT2D eigenvalue weighted by atomic mass is 9.87. The van der Waals surface area contributed by atoms with Crippen LogP contribution in [0.3, 0.4) is 0 Å². The summed E-state index contributed by atoms with van der Waals surface area (Å²) in [4.78, 5) is 2.44. The van der Waals surface area contributed by atoms with Crippen molar-refractivity contribution in [2.45, 2.75) is 38.3 Å². The van der Waals surface area contributed by atoms with Crippen LogP contribution in [0.15, 0.2) is 48.5 Å². The second-order valence-electron chi connectivity index (χ2n) is 7.23. The number of rotatable bonds is 5. The highest BCUT2D eigenvalue weighted by atomic mass is 19.1. The van der Waals surface area contributed by atoms with Crippen LogP contribution in [-0.4, -0.2) is 29.2 Å². The Balaban J connectivity index is 2.03. The van der Waals surface area contributed by atoms with Crippen molar-refractivity contribution in [1.29, 1.82) is 5.26 Å². The van der Waals surface area contributed by atoms with Crippen molar-refractivity contribution in [3.05, 3.63) is 71.0 Å². The number of halogens is 1. The molecular weight excluding hydrogens is 327 g/mol. The molecule has 0 aliphatic carbocycles. The molecule has 136 valence electrons. The van der Waals surface area contributed by atoms with Crippen LogP contribution in [0.4, 0.5) is 4.39 Å². The molecule has 2 aromatic carbocycles. The van der Waals surface area contributed by atoms with E-state index < -0.39 is 0 Å². The van der Waals surface area contributed by atoms with Crippen LogP contribution in [0.2, 0.25) is 0 Å². The molecule has 1 aliphatic heterocycles. The van der Waals surface area contributed by atoms with Crippen molar-refractivity contribution >= 4 is 0 Å². The zero-order valence-electron chi connectivity index (χ0n) is 15.1. The molecule has 1 fully saturated rings. The zero-order chi connectivity index (χ0) is 18.5. The molecule has 0 radical (unpaired) electrons. The molecule has 1 aliphatic rings. The van der Waals surface area contributed by atoms with E-state index in [-0.39, 0.29) is 18.5 Å². The fourth-order valence-corrected chi connectivity index (χ4v) is 3.98. The fourth-order valence-electron chi connectivity index (χ4n) is 3.98. The predicted octanol–water partition coefficient (Wildman–Crippen LogP) is 4.27. The largest absolute Gasteiger partial charge is 0.396 e. The molecule has 4 heteroatoms. The van der Waals surface area contributed by atoms with E-state index in [1.165, 1.54) is 12.1 Å². The number of aliphatic hydroxyl groups is 1. The Morgan fingerprint density at radius 1 is 1.12 bits per heavy atom. The van der Waals surface area contributed by atoms with Gasteiger partial charge < -0.3 is 5.11 Å². The Morgan fingerprint density at radius 3 is 2.31 bits per heavy atom. The quantitative estimate of drug-likeness (QED) is 0.874. The number of benzene rings is 2. The Hall–Kier alpha value is -2.22. The monoisotopic (exact) mass is 352 g/mol. The summed E-state index contributed by atoms with van der Waals surface area (Å²) in [7, 11) is 0. The van der Waals surface area contributed by atoms with Crippen molar-refractivity contribution in [2.75, 3.05) is 13.2 Å². The molecule has 1 heterocycles. The van der Waals surface area contributed by atoms with Gasteiger partial charge in [-0.2, -0.15) is 5.26 Å². The number of hydrogen-bond acceptors (Lipinski definition) is 3. The lowest BCUT2D eigenvalue weighted by molar-refractivity contribution is 0.0657. The van der Waals surface area contributed by atoms with Crippen LogP contribution < -0.4 is 0 Å². The topological polar surface area (TPSA) is 47.3 Å². The molecule has 26 heavy (non-hydrogen) atoms. The predicted molar refractivity (Wildman–Crippen MR) is 100.0 cm³/mol. The summed E-state index contributed by atoms with van der Waals surface area (Å²) in [5.74, 6) is 0.331. The van der Waals surface area contributed by atoms with Crippen molar-refractivity contribution in [2.24, 2.45) is 5.92 Å². The van der Waals surface area contributed by atoms with Gasteiger partial charge in [0.15, 0.2) is 0 Å². The van der Waals surface area contributed by atoms with Crippen LogP contribution >= 0.6 is 0 Å². The summed E-state index contributed by atoms with van der Waals surface area (Å²) in [6.45, 7) is 3.36. The average molecular weight is 352 g/mol.